The zero-order valence-corrected chi connectivity index (χ0v) is 22.7. The lowest BCUT2D eigenvalue weighted by molar-refractivity contribution is -0.135. The minimum absolute atomic E-state index is 0.0385. The SMILES string of the molecule is CCCN(CC(=O)Nc1cc(C(C)(C)C)nn1-c1ccccc1C)C(=O)CC(C)CC(C)(C)C. The standard InChI is InChI=1S/C28H44N4O2/c1-10-15-31(26(34)16-20(2)18-27(4,5)6)19-25(33)29-24-17-23(28(7,8)9)30-32(24)22-14-12-11-13-21(22)3/h11-14,17,20H,10,15-16,18-19H2,1-9H3,(H,29,33). The second-order valence-electron chi connectivity index (χ2n) is 11.8. The molecule has 0 aliphatic heterocycles. The summed E-state index contributed by atoms with van der Waals surface area (Å²) in [5.41, 5.74) is 2.89. The number of anilines is 1. The summed E-state index contributed by atoms with van der Waals surface area (Å²) in [4.78, 5) is 27.8. The summed E-state index contributed by atoms with van der Waals surface area (Å²) in [5, 5.41) is 7.84. The third kappa shape index (κ3) is 8.00. The Hall–Kier alpha value is -2.63. The van der Waals surface area contributed by atoms with Gasteiger partial charge in [0.2, 0.25) is 11.8 Å². The number of para-hydroxylation sites is 1. The molecule has 1 N–H and O–H groups in total. The van der Waals surface area contributed by atoms with Crippen LogP contribution in [0.3, 0.4) is 0 Å². The maximum Gasteiger partial charge on any atom is 0.245 e. The van der Waals surface area contributed by atoms with Crippen LogP contribution in [0.4, 0.5) is 5.82 Å². The zero-order valence-electron chi connectivity index (χ0n) is 22.7. The number of carbonyl (C=O) groups excluding carboxylic acids is 2. The quantitative estimate of drug-likeness (QED) is 0.482. The van der Waals surface area contributed by atoms with Crippen LogP contribution in [0.2, 0.25) is 0 Å². The molecule has 0 saturated carbocycles. The summed E-state index contributed by atoms with van der Waals surface area (Å²) in [6, 6.07) is 9.91. The van der Waals surface area contributed by atoms with Crippen molar-refractivity contribution in [2.24, 2.45) is 11.3 Å². The van der Waals surface area contributed by atoms with Gasteiger partial charge >= 0.3 is 0 Å². The molecule has 1 unspecified atom stereocenters. The van der Waals surface area contributed by atoms with E-state index in [4.69, 9.17) is 5.10 Å². The van der Waals surface area contributed by atoms with Crippen LogP contribution in [-0.2, 0) is 15.0 Å². The first-order chi connectivity index (χ1) is 15.7. The van der Waals surface area contributed by atoms with Gasteiger partial charge in [0.15, 0.2) is 0 Å². The first-order valence-electron chi connectivity index (χ1n) is 12.5. The van der Waals surface area contributed by atoms with E-state index in [0.717, 1.165) is 29.8 Å². The summed E-state index contributed by atoms with van der Waals surface area (Å²) in [6.07, 6.45) is 2.23. The van der Waals surface area contributed by atoms with Crippen molar-refractivity contribution in [1.82, 2.24) is 14.7 Å². The highest BCUT2D eigenvalue weighted by molar-refractivity contribution is 5.94. The monoisotopic (exact) mass is 468 g/mol. The van der Waals surface area contributed by atoms with Gasteiger partial charge in [-0.05, 0) is 42.7 Å². The van der Waals surface area contributed by atoms with Crippen LogP contribution in [-0.4, -0.2) is 39.6 Å². The van der Waals surface area contributed by atoms with E-state index >= 15 is 0 Å². The first-order valence-corrected chi connectivity index (χ1v) is 12.5. The molecule has 2 aromatic rings. The summed E-state index contributed by atoms with van der Waals surface area (Å²) < 4.78 is 1.80. The number of aryl methyl sites for hydroxylation is 1. The molecule has 0 aliphatic rings. The van der Waals surface area contributed by atoms with E-state index in [0.29, 0.717) is 18.8 Å². The Morgan fingerprint density at radius 3 is 2.32 bits per heavy atom. The van der Waals surface area contributed by atoms with Gasteiger partial charge in [-0.2, -0.15) is 5.10 Å². The Labute approximate surface area is 206 Å². The van der Waals surface area contributed by atoms with Gasteiger partial charge in [0.25, 0.3) is 0 Å². The van der Waals surface area contributed by atoms with Crippen LogP contribution in [0.1, 0.15) is 85.9 Å². The average Bonchev–Trinajstić information content (AvgIpc) is 3.10. The first kappa shape index (κ1) is 27.6. The minimum Gasteiger partial charge on any atom is -0.333 e. The molecule has 1 atom stereocenters. The molecule has 0 radical (unpaired) electrons. The Morgan fingerprint density at radius 2 is 1.76 bits per heavy atom. The molecule has 0 saturated heterocycles. The number of rotatable bonds is 9. The van der Waals surface area contributed by atoms with E-state index in [9.17, 15) is 9.59 Å². The third-order valence-electron chi connectivity index (χ3n) is 5.75. The zero-order chi connectivity index (χ0) is 25.7. The fourth-order valence-electron chi connectivity index (χ4n) is 4.28. The van der Waals surface area contributed by atoms with Crippen LogP contribution in [0.25, 0.3) is 5.69 Å². The number of hydrogen-bond donors (Lipinski definition) is 1. The van der Waals surface area contributed by atoms with E-state index in [1.165, 1.54) is 0 Å². The molecule has 0 fully saturated rings. The van der Waals surface area contributed by atoms with E-state index in [1.807, 2.05) is 44.2 Å². The molecule has 0 aliphatic carbocycles. The predicted molar refractivity (Wildman–Crippen MR) is 140 cm³/mol. The maximum atomic E-state index is 13.1. The topological polar surface area (TPSA) is 67.2 Å². The number of hydrogen-bond acceptors (Lipinski definition) is 3. The average molecular weight is 469 g/mol. The predicted octanol–water partition coefficient (Wildman–Crippen LogP) is 6.12. The fraction of sp³-hybridized carbons (Fsp3) is 0.607. The van der Waals surface area contributed by atoms with Crippen LogP contribution >= 0.6 is 0 Å². The third-order valence-corrected chi connectivity index (χ3v) is 5.75. The Kier molecular flexibility index (Phi) is 9.09. The highest BCUT2D eigenvalue weighted by Crippen LogP contribution is 2.28. The Balaban J connectivity index is 2.22. The van der Waals surface area contributed by atoms with Crippen molar-refractivity contribution < 1.29 is 9.59 Å². The number of nitrogens with one attached hydrogen (secondary N) is 1. The molecular weight excluding hydrogens is 424 g/mol. The van der Waals surface area contributed by atoms with Gasteiger partial charge in [-0.15, -0.1) is 0 Å². The molecule has 1 aromatic carbocycles. The lowest BCUT2D eigenvalue weighted by atomic mass is 9.84. The van der Waals surface area contributed by atoms with Crippen molar-refractivity contribution in [3.8, 4) is 5.69 Å². The number of benzene rings is 1. The number of amides is 2. The van der Waals surface area contributed by atoms with Crippen molar-refractivity contribution in [1.29, 1.82) is 0 Å². The normalized spacial score (nSPS) is 13.0. The molecule has 2 amide bonds. The van der Waals surface area contributed by atoms with Gasteiger partial charge in [-0.3, -0.25) is 9.59 Å². The van der Waals surface area contributed by atoms with Gasteiger partial charge in [0, 0.05) is 24.4 Å². The van der Waals surface area contributed by atoms with Gasteiger partial charge in [-0.25, -0.2) is 4.68 Å². The van der Waals surface area contributed by atoms with Crippen molar-refractivity contribution in [3.05, 3.63) is 41.6 Å². The summed E-state index contributed by atoms with van der Waals surface area (Å²) in [5.74, 6) is 0.720. The lowest BCUT2D eigenvalue weighted by Crippen LogP contribution is -2.39. The van der Waals surface area contributed by atoms with Gasteiger partial charge in [-0.1, -0.05) is 73.6 Å². The van der Waals surface area contributed by atoms with Crippen molar-refractivity contribution in [2.75, 3.05) is 18.4 Å². The molecule has 6 nitrogen and oxygen atoms in total. The molecule has 0 bridgehead atoms. The Bertz CT molecular complexity index is 979. The van der Waals surface area contributed by atoms with Crippen LogP contribution in [0.15, 0.2) is 30.3 Å². The van der Waals surface area contributed by atoms with Gasteiger partial charge < -0.3 is 10.2 Å². The highest BCUT2D eigenvalue weighted by Gasteiger charge is 2.25. The maximum absolute atomic E-state index is 13.1. The van der Waals surface area contributed by atoms with Crippen molar-refractivity contribution in [2.45, 2.75) is 87.0 Å². The fourth-order valence-corrected chi connectivity index (χ4v) is 4.28. The van der Waals surface area contributed by atoms with E-state index in [1.54, 1.807) is 9.58 Å². The van der Waals surface area contributed by atoms with E-state index in [2.05, 4.69) is 53.8 Å². The van der Waals surface area contributed by atoms with Gasteiger partial charge in [0.1, 0.15) is 5.82 Å². The molecule has 1 heterocycles. The smallest absolute Gasteiger partial charge is 0.245 e. The van der Waals surface area contributed by atoms with Crippen LogP contribution in [0.5, 0.6) is 0 Å². The van der Waals surface area contributed by atoms with Crippen LogP contribution in [0, 0.1) is 18.3 Å². The van der Waals surface area contributed by atoms with Crippen LogP contribution < -0.4 is 5.32 Å². The minimum atomic E-state index is -0.208. The second-order valence-corrected chi connectivity index (χ2v) is 11.8. The molecular formula is C28H44N4O2. The molecule has 188 valence electrons. The van der Waals surface area contributed by atoms with E-state index in [-0.39, 0.29) is 35.1 Å². The summed E-state index contributed by atoms with van der Waals surface area (Å²) in [7, 11) is 0. The highest BCUT2D eigenvalue weighted by atomic mass is 16.2. The summed E-state index contributed by atoms with van der Waals surface area (Å²) >= 11 is 0. The molecule has 34 heavy (non-hydrogen) atoms. The molecule has 2 rings (SSSR count). The summed E-state index contributed by atoms with van der Waals surface area (Å²) in [6.45, 7) is 19.6. The van der Waals surface area contributed by atoms with Crippen molar-refractivity contribution in [3.63, 3.8) is 0 Å². The van der Waals surface area contributed by atoms with Gasteiger partial charge in [0.05, 0.1) is 17.9 Å². The largest absolute Gasteiger partial charge is 0.333 e. The molecule has 1 aromatic heterocycles. The Morgan fingerprint density at radius 1 is 1.12 bits per heavy atom. The number of nitrogens with zero attached hydrogens (tertiary/aromatic N) is 3. The number of carbonyl (C=O) groups is 2. The molecule has 0 spiro atoms. The number of aromatic nitrogens is 2. The van der Waals surface area contributed by atoms with E-state index < -0.39 is 0 Å². The van der Waals surface area contributed by atoms with Crippen molar-refractivity contribution >= 4 is 17.6 Å². The lowest BCUT2D eigenvalue weighted by Gasteiger charge is -2.26. The molecule has 6 heteroatoms. The second kappa shape index (κ2) is 11.2.